The van der Waals surface area contributed by atoms with Gasteiger partial charge in [0.25, 0.3) is 5.69 Å². The number of hydrogen-bond acceptors (Lipinski definition) is 5. The van der Waals surface area contributed by atoms with E-state index in [1.54, 1.807) is 23.5 Å². The minimum Gasteiger partial charge on any atom is -0.483 e. The van der Waals surface area contributed by atoms with Gasteiger partial charge in [-0.1, -0.05) is 6.07 Å². The van der Waals surface area contributed by atoms with Gasteiger partial charge < -0.3 is 4.74 Å². The van der Waals surface area contributed by atoms with E-state index in [1.807, 2.05) is 7.05 Å². The van der Waals surface area contributed by atoms with E-state index >= 15 is 0 Å². The molecule has 3 rings (SSSR count). The standard InChI is InChI=1S/C14H14N2O3S/c1-15-8-10-5-6-20-14(10)13(9-15)19-12-4-2-3-11(7-12)16(17)18/h2-7,13H,8-9H2,1H3. The molecule has 2 heterocycles. The second-order valence-corrected chi connectivity index (χ2v) is 5.82. The first-order valence-corrected chi connectivity index (χ1v) is 7.17. The molecule has 6 heteroatoms. The number of benzene rings is 1. The number of ether oxygens (including phenoxy) is 1. The number of nitro groups is 1. The summed E-state index contributed by atoms with van der Waals surface area (Å²) < 4.78 is 5.97. The van der Waals surface area contributed by atoms with Crippen molar-refractivity contribution >= 4 is 17.0 Å². The fraction of sp³-hybridized carbons (Fsp3) is 0.286. The summed E-state index contributed by atoms with van der Waals surface area (Å²) in [5.41, 5.74) is 1.33. The van der Waals surface area contributed by atoms with Gasteiger partial charge >= 0.3 is 0 Å². The van der Waals surface area contributed by atoms with E-state index in [4.69, 9.17) is 4.74 Å². The normalized spacial score (nSPS) is 18.6. The molecule has 104 valence electrons. The molecule has 2 aromatic rings. The number of thiophene rings is 1. The lowest BCUT2D eigenvalue weighted by molar-refractivity contribution is -0.385. The molecular weight excluding hydrogens is 276 g/mol. The van der Waals surface area contributed by atoms with Gasteiger partial charge in [-0.25, -0.2) is 0 Å². The zero-order chi connectivity index (χ0) is 14.1. The monoisotopic (exact) mass is 290 g/mol. The van der Waals surface area contributed by atoms with Gasteiger partial charge in [-0.2, -0.15) is 0 Å². The van der Waals surface area contributed by atoms with Crippen LogP contribution >= 0.6 is 11.3 Å². The first-order valence-electron chi connectivity index (χ1n) is 6.29. The predicted molar refractivity (Wildman–Crippen MR) is 77.1 cm³/mol. The highest BCUT2D eigenvalue weighted by molar-refractivity contribution is 7.10. The summed E-state index contributed by atoms with van der Waals surface area (Å²) in [6.45, 7) is 1.71. The molecule has 1 unspecified atom stereocenters. The number of likely N-dealkylation sites (N-methyl/N-ethyl adjacent to an activating group) is 1. The smallest absolute Gasteiger partial charge is 0.273 e. The van der Waals surface area contributed by atoms with Crippen LogP contribution in [0.3, 0.4) is 0 Å². The van der Waals surface area contributed by atoms with Gasteiger partial charge in [0, 0.05) is 19.2 Å². The molecule has 1 aromatic carbocycles. The maximum Gasteiger partial charge on any atom is 0.273 e. The Kier molecular flexibility index (Phi) is 3.42. The van der Waals surface area contributed by atoms with Crippen molar-refractivity contribution in [1.29, 1.82) is 0 Å². The van der Waals surface area contributed by atoms with E-state index in [2.05, 4.69) is 16.3 Å². The lowest BCUT2D eigenvalue weighted by atomic mass is 10.1. The molecule has 0 bridgehead atoms. The maximum atomic E-state index is 10.8. The van der Waals surface area contributed by atoms with Crippen LogP contribution in [0.25, 0.3) is 0 Å². The molecule has 1 aromatic heterocycles. The lowest BCUT2D eigenvalue weighted by Crippen LogP contribution is -2.31. The molecule has 1 atom stereocenters. The number of fused-ring (bicyclic) bond motifs is 1. The zero-order valence-corrected chi connectivity index (χ0v) is 11.8. The third kappa shape index (κ3) is 2.52. The fourth-order valence-corrected chi connectivity index (χ4v) is 3.34. The molecule has 0 radical (unpaired) electrons. The molecule has 0 fully saturated rings. The van der Waals surface area contributed by atoms with Crippen molar-refractivity contribution in [1.82, 2.24) is 4.90 Å². The number of nitro benzene ring substituents is 1. The van der Waals surface area contributed by atoms with Crippen molar-refractivity contribution in [3.05, 3.63) is 56.3 Å². The quantitative estimate of drug-likeness (QED) is 0.643. The van der Waals surface area contributed by atoms with Crippen LogP contribution in [0.1, 0.15) is 16.5 Å². The predicted octanol–water partition coefficient (Wildman–Crippen LogP) is 3.22. The maximum absolute atomic E-state index is 10.8. The summed E-state index contributed by atoms with van der Waals surface area (Å²) in [6.07, 6.45) is -0.0641. The van der Waals surface area contributed by atoms with Crippen molar-refractivity contribution in [2.24, 2.45) is 0 Å². The van der Waals surface area contributed by atoms with Crippen LogP contribution in [0, 0.1) is 10.1 Å². The molecule has 0 saturated heterocycles. The van der Waals surface area contributed by atoms with Gasteiger partial charge in [0.1, 0.15) is 11.9 Å². The van der Waals surface area contributed by atoms with E-state index in [9.17, 15) is 10.1 Å². The molecule has 0 saturated carbocycles. The Bertz CT molecular complexity index is 641. The Hall–Kier alpha value is -1.92. The Balaban J connectivity index is 1.85. The summed E-state index contributed by atoms with van der Waals surface area (Å²) in [7, 11) is 2.05. The average molecular weight is 290 g/mol. The Morgan fingerprint density at radius 2 is 2.30 bits per heavy atom. The summed E-state index contributed by atoms with van der Waals surface area (Å²) in [4.78, 5) is 13.8. The zero-order valence-electron chi connectivity index (χ0n) is 11.0. The van der Waals surface area contributed by atoms with Crippen LogP contribution in [0.15, 0.2) is 35.7 Å². The molecule has 1 aliphatic rings. The summed E-state index contributed by atoms with van der Waals surface area (Å²) in [5, 5.41) is 12.9. The third-order valence-electron chi connectivity index (χ3n) is 3.30. The topological polar surface area (TPSA) is 55.6 Å². The SMILES string of the molecule is CN1Cc2ccsc2C(Oc2cccc([N+](=O)[O-])c2)C1. The van der Waals surface area contributed by atoms with Crippen LogP contribution in [-0.2, 0) is 6.54 Å². The molecule has 5 nitrogen and oxygen atoms in total. The Morgan fingerprint density at radius 1 is 1.45 bits per heavy atom. The molecule has 0 aliphatic carbocycles. The summed E-state index contributed by atoms with van der Waals surface area (Å²) in [5.74, 6) is 0.541. The molecule has 1 aliphatic heterocycles. The second-order valence-electron chi connectivity index (χ2n) is 4.87. The number of nitrogens with zero attached hydrogens (tertiary/aromatic N) is 2. The first kappa shape index (κ1) is 13.1. The number of rotatable bonds is 3. The number of hydrogen-bond donors (Lipinski definition) is 0. The summed E-state index contributed by atoms with van der Waals surface area (Å²) in [6, 6.07) is 8.46. The van der Waals surface area contributed by atoms with E-state index in [0.29, 0.717) is 5.75 Å². The highest BCUT2D eigenvalue weighted by Crippen LogP contribution is 2.34. The van der Waals surface area contributed by atoms with E-state index in [-0.39, 0.29) is 11.8 Å². The average Bonchev–Trinajstić information content (AvgIpc) is 2.87. The molecule has 20 heavy (non-hydrogen) atoms. The molecular formula is C14H14N2O3S. The van der Waals surface area contributed by atoms with Gasteiger partial charge in [0.05, 0.1) is 15.9 Å². The van der Waals surface area contributed by atoms with Crippen molar-refractivity contribution in [2.75, 3.05) is 13.6 Å². The van der Waals surface area contributed by atoms with Gasteiger partial charge in [0.15, 0.2) is 0 Å². The van der Waals surface area contributed by atoms with Crippen LogP contribution in [0.2, 0.25) is 0 Å². The Morgan fingerprint density at radius 3 is 3.10 bits per heavy atom. The third-order valence-corrected chi connectivity index (χ3v) is 4.35. The molecule has 0 amide bonds. The minimum absolute atomic E-state index is 0.0538. The number of non-ortho nitro benzene ring substituents is 1. The van der Waals surface area contributed by atoms with E-state index in [0.717, 1.165) is 13.1 Å². The molecule has 0 spiro atoms. The largest absolute Gasteiger partial charge is 0.483 e. The van der Waals surface area contributed by atoms with E-state index < -0.39 is 4.92 Å². The van der Waals surface area contributed by atoms with Crippen molar-refractivity contribution in [3.63, 3.8) is 0 Å². The summed E-state index contributed by atoms with van der Waals surface area (Å²) >= 11 is 1.68. The van der Waals surface area contributed by atoms with E-state index in [1.165, 1.54) is 22.6 Å². The van der Waals surface area contributed by atoms with Crippen molar-refractivity contribution in [2.45, 2.75) is 12.6 Å². The first-order chi connectivity index (χ1) is 9.63. The minimum atomic E-state index is -0.406. The fourth-order valence-electron chi connectivity index (χ4n) is 2.41. The molecule has 0 N–H and O–H groups in total. The second kappa shape index (κ2) is 5.22. The van der Waals surface area contributed by atoms with Crippen LogP contribution in [0.5, 0.6) is 5.75 Å². The van der Waals surface area contributed by atoms with Crippen LogP contribution in [0.4, 0.5) is 5.69 Å². The highest BCUT2D eigenvalue weighted by atomic mass is 32.1. The van der Waals surface area contributed by atoms with Gasteiger partial charge in [-0.3, -0.25) is 15.0 Å². The Labute approximate surface area is 120 Å². The van der Waals surface area contributed by atoms with Gasteiger partial charge in [-0.15, -0.1) is 11.3 Å². The van der Waals surface area contributed by atoms with Gasteiger partial charge in [-0.05, 0) is 30.1 Å². The highest BCUT2D eigenvalue weighted by Gasteiger charge is 2.26. The van der Waals surface area contributed by atoms with Crippen molar-refractivity contribution < 1.29 is 9.66 Å². The lowest BCUT2D eigenvalue weighted by Gasteiger charge is -2.30. The van der Waals surface area contributed by atoms with Crippen LogP contribution in [-0.4, -0.2) is 23.4 Å². The van der Waals surface area contributed by atoms with Gasteiger partial charge in [0.2, 0.25) is 0 Å². The van der Waals surface area contributed by atoms with Crippen molar-refractivity contribution in [3.8, 4) is 5.75 Å². The van der Waals surface area contributed by atoms with Crippen LogP contribution < -0.4 is 4.74 Å².